The molecule has 1 aromatic rings. The number of fused-ring (bicyclic) bond motifs is 1. The number of hydrogen-bond donors (Lipinski definition) is 1. The van der Waals surface area contributed by atoms with Crippen LogP contribution in [0.5, 0.6) is 5.75 Å². The van der Waals surface area contributed by atoms with E-state index in [2.05, 4.69) is 0 Å². The van der Waals surface area contributed by atoms with Crippen LogP contribution in [0.3, 0.4) is 0 Å². The molecular weight excluding hydrogens is 220 g/mol. The predicted octanol–water partition coefficient (Wildman–Crippen LogP) is 1.77. The Labute approximate surface area is 98.2 Å². The standard InChI is InChI=1S/C13H12O4/c14-10-3-6-17-11-2-1-8(7-9(10)11)13(4-5-13)12(15)16/h1-2,7H,3-6H2,(H,15,16). The summed E-state index contributed by atoms with van der Waals surface area (Å²) in [4.78, 5) is 22.9. The lowest BCUT2D eigenvalue weighted by Crippen LogP contribution is -2.21. The summed E-state index contributed by atoms with van der Waals surface area (Å²) in [7, 11) is 0. The number of rotatable bonds is 2. The first-order valence-corrected chi connectivity index (χ1v) is 5.67. The van der Waals surface area contributed by atoms with Crippen LogP contribution in [-0.2, 0) is 10.2 Å². The normalized spacial score (nSPS) is 20.4. The molecule has 0 radical (unpaired) electrons. The van der Waals surface area contributed by atoms with Crippen molar-refractivity contribution in [1.82, 2.24) is 0 Å². The Morgan fingerprint density at radius 1 is 1.35 bits per heavy atom. The second-order valence-electron chi connectivity index (χ2n) is 4.62. The highest BCUT2D eigenvalue weighted by Crippen LogP contribution is 2.49. The maximum absolute atomic E-state index is 11.7. The molecule has 1 aromatic carbocycles. The number of benzene rings is 1. The molecule has 2 aliphatic rings. The van der Waals surface area contributed by atoms with Crippen molar-refractivity contribution in [3.63, 3.8) is 0 Å². The van der Waals surface area contributed by atoms with Crippen LogP contribution in [0.15, 0.2) is 18.2 Å². The quantitative estimate of drug-likeness (QED) is 0.844. The smallest absolute Gasteiger partial charge is 0.314 e. The molecule has 0 bridgehead atoms. The van der Waals surface area contributed by atoms with Gasteiger partial charge in [-0.3, -0.25) is 9.59 Å². The van der Waals surface area contributed by atoms with E-state index in [9.17, 15) is 14.7 Å². The maximum atomic E-state index is 11.7. The fourth-order valence-electron chi connectivity index (χ4n) is 2.31. The Morgan fingerprint density at radius 2 is 2.12 bits per heavy atom. The topological polar surface area (TPSA) is 63.6 Å². The Hall–Kier alpha value is -1.84. The third-order valence-corrected chi connectivity index (χ3v) is 3.58. The predicted molar refractivity (Wildman–Crippen MR) is 59.4 cm³/mol. The number of ketones is 1. The summed E-state index contributed by atoms with van der Waals surface area (Å²) >= 11 is 0. The van der Waals surface area contributed by atoms with Crippen molar-refractivity contribution in [2.45, 2.75) is 24.7 Å². The lowest BCUT2D eigenvalue weighted by atomic mass is 9.92. The minimum atomic E-state index is -0.804. The number of carboxylic acids is 1. The molecule has 0 spiro atoms. The van der Waals surface area contributed by atoms with Crippen LogP contribution in [0.25, 0.3) is 0 Å². The Morgan fingerprint density at radius 3 is 2.76 bits per heavy atom. The van der Waals surface area contributed by atoms with E-state index < -0.39 is 11.4 Å². The number of carbonyl (C=O) groups is 2. The van der Waals surface area contributed by atoms with Crippen molar-refractivity contribution >= 4 is 11.8 Å². The zero-order valence-electron chi connectivity index (χ0n) is 9.23. The van der Waals surface area contributed by atoms with E-state index >= 15 is 0 Å². The van der Waals surface area contributed by atoms with Crippen LogP contribution >= 0.6 is 0 Å². The first-order chi connectivity index (χ1) is 8.13. The van der Waals surface area contributed by atoms with Crippen molar-refractivity contribution < 1.29 is 19.4 Å². The average molecular weight is 232 g/mol. The van der Waals surface area contributed by atoms with Gasteiger partial charge in [0.05, 0.1) is 17.6 Å². The fourth-order valence-corrected chi connectivity index (χ4v) is 2.31. The highest BCUT2D eigenvalue weighted by molar-refractivity contribution is 6.00. The summed E-state index contributed by atoms with van der Waals surface area (Å²) in [6.07, 6.45) is 1.67. The molecule has 0 atom stereocenters. The van der Waals surface area contributed by atoms with Crippen LogP contribution in [0.4, 0.5) is 0 Å². The van der Waals surface area contributed by atoms with Gasteiger partial charge in [-0.15, -0.1) is 0 Å². The van der Waals surface area contributed by atoms with Crippen LogP contribution in [-0.4, -0.2) is 23.5 Å². The van der Waals surface area contributed by atoms with Crippen LogP contribution in [0.1, 0.15) is 35.2 Å². The minimum absolute atomic E-state index is 0.0364. The molecular formula is C13H12O4. The van der Waals surface area contributed by atoms with Crippen molar-refractivity contribution in [2.75, 3.05) is 6.61 Å². The first kappa shape index (κ1) is 10.3. The summed E-state index contributed by atoms with van der Waals surface area (Å²) in [5.41, 5.74) is 0.496. The van der Waals surface area contributed by atoms with Crippen LogP contribution in [0, 0.1) is 0 Å². The second-order valence-corrected chi connectivity index (χ2v) is 4.62. The van der Waals surface area contributed by atoms with Gasteiger partial charge in [0.25, 0.3) is 0 Å². The fraction of sp³-hybridized carbons (Fsp3) is 0.385. The van der Waals surface area contributed by atoms with Gasteiger partial charge < -0.3 is 9.84 Å². The molecule has 1 fully saturated rings. The average Bonchev–Trinajstić information content (AvgIpc) is 3.10. The molecule has 1 saturated carbocycles. The van der Waals surface area contributed by atoms with Gasteiger partial charge in [0.15, 0.2) is 5.78 Å². The largest absolute Gasteiger partial charge is 0.492 e. The lowest BCUT2D eigenvalue weighted by Gasteiger charge is -2.18. The summed E-state index contributed by atoms with van der Waals surface area (Å²) < 4.78 is 5.37. The molecule has 0 amide bonds. The van der Waals surface area contributed by atoms with Crippen LogP contribution in [0.2, 0.25) is 0 Å². The van der Waals surface area contributed by atoms with E-state index in [1.54, 1.807) is 18.2 Å². The number of ether oxygens (including phenoxy) is 1. The zero-order valence-corrected chi connectivity index (χ0v) is 9.23. The molecule has 4 nitrogen and oxygen atoms in total. The van der Waals surface area contributed by atoms with Crippen molar-refractivity contribution in [2.24, 2.45) is 0 Å². The van der Waals surface area contributed by atoms with Crippen molar-refractivity contribution in [3.05, 3.63) is 29.3 Å². The van der Waals surface area contributed by atoms with Gasteiger partial charge in [-0.2, -0.15) is 0 Å². The Balaban J connectivity index is 2.07. The third kappa shape index (κ3) is 1.44. The summed E-state index contributed by atoms with van der Waals surface area (Å²) in [6.45, 7) is 0.412. The Kier molecular flexibility index (Phi) is 2.02. The molecule has 1 heterocycles. The van der Waals surface area contributed by atoms with Gasteiger partial charge in [0, 0.05) is 6.42 Å². The van der Waals surface area contributed by atoms with Gasteiger partial charge in [0.2, 0.25) is 0 Å². The molecule has 1 N–H and O–H groups in total. The van der Waals surface area contributed by atoms with Gasteiger partial charge in [-0.1, -0.05) is 6.07 Å². The summed E-state index contributed by atoms with van der Waals surface area (Å²) in [5.74, 6) is -0.192. The summed E-state index contributed by atoms with van der Waals surface area (Å²) in [5, 5.41) is 9.21. The summed E-state index contributed by atoms with van der Waals surface area (Å²) in [6, 6.07) is 5.17. The monoisotopic (exact) mass is 232 g/mol. The SMILES string of the molecule is O=C1CCOc2ccc(C3(C(=O)O)CC3)cc21. The molecule has 1 aliphatic carbocycles. The van der Waals surface area contributed by atoms with Crippen molar-refractivity contribution in [3.8, 4) is 5.75 Å². The molecule has 1 aliphatic heterocycles. The third-order valence-electron chi connectivity index (χ3n) is 3.58. The van der Waals surface area contributed by atoms with E-state index in [4.69, 9.17) is 4.74 Å². The number of hydrogen-bond acceptors (Lipinski definition) is 3. The highest BCUT2D eigenvalue weighted by atomic mass is 16.5. The number of aliphatic carboxylic acids is 1. The highest BCUT2D eigenvalue weighted by Gasteiger charge is 2.52. The number of carboxylic acid groups (broad SMARTS) is 1. The molecule has 88 valence electrons. The second kappa shape index (κ2) is 3.32. The Bertz CT molecular complexity index is 514. The van der Waals surface area contributed by atoms with E-state index in [1.807, 2.05) is 0 Å². The molecule has 0 aromatic heterocycles. The van der Waals surface area contributed by atoms with Gasteiger partial charge in [-0.05, 0) is 30.5 Å². The zero-order chi connectivity index (χ0) is 12.0. The lowest BCUT2D eigenvalue weighted by molar-refractivity contribution is -0.140. The van der Waals surface area contributed by atoms with Gasteiger partial charge in [-0.25, -0.2) is 0 Å². The maximum Gasteiger partial charge on any atom is 0.314 e. The van der Waals surface area contributed by atoms with Gasteiger partial charge in [0.1, 0.15) is 5.75 Å². The number of Topliss-reactive ketones (excluding diaryl/α,β-unsaturated/α-hetero) is 1. The van der Waals surface area contributed by atoms with E-state index in [1.165, 1.54) is 0 Å². The van der Waals surface area contributed by atoms with Crippen LogP contribution < -0.4 is 4.74 Å². The van der Waals surface area contributed by atoms with Gasteiger partial charge >= 0.3 is 5.97 Å². The van der Waals surface area contributed by atoms with E-state index in [0.29, 0.717) is 37.2 Å². The minimum Gasteiger partial charge on any atom is -0.492 e. The molecule has 0 unspecified atom stereocenters. The number of carbonyl (C=O) groups excluding carboxylic acids is 1. The molecule has 3 rings (SSSR count). The van der Waals surface area contributed by atoms with Crippen molar-refractivity contribution in [1.29, 1.82) is 0 Å². The molecule has 4 heteroatoms. The van der Waals surface area contributed by atoms with E-state index in [0.717, 1.165) is 5.56 Å². The molecule has 17 heavy (non-hydrogen) atoms. The first-order valence-electron chi connectivity index (χ1n) is 5.67. The van der Waals surface area contributed by atoms with E-state index in [-0.39, 0.29) is 5.78 Å². The molecule has 0 saturated heterocycles.